The van der Waals surface area contributed by atoms with Gasteiger partial charge in [-0.3, -0.25) is 9.59 Å². The average Bonchev–Trinajstić information content (AvgIpc) is 2.55. The Bertz CT molecular complexity index is 503. The van der Waals surface area contributed by atoms with Crippen molar-refractivity contribution in [1.82, 2.24) is 10.6 Å². The van der Waals surface area contributed by atoms with E-state index < -0.39 is 0 Å². The second-order valence-corrected chi connectivity index (χ2v) is 4.82. The van der Waals surface area contributed by atoms with Crippen LogP contribution < -0.4 is 20.1 Å². The lowest BCUT2D eigenvalue weighted by atomic mass is 10.1. The number of methoxy groups -OCH3 is 2. The maximum Gasteiger partial charge on any atom is 0.239 e. The zero-order valence-electron chi connectivity index (χ0n) is 13.4. The van der Waals surface area contributed by atoms with Gasteiger partial charge in [-0.05, 0) is 30.5 Å². The summed E-state index contributed by atoms with van der Waals surface area (Å²) in [6.45, 7) is 2.62. The third-order valence-electron chi connectivity index (χ3n) is 3.11. The van der Waals surface area contributed by atoms with Gasteiger partial charge >= 0.3 is 0 Å². The Morgan fingerprint density at radius 3 is 2.41 bits per heavy atom. The third kappa shape index (κ3) is 6.03. The number of carbonyl (C=O) groups is 2. The Morgan fingerprint density at radius 2 is 1.77 bits per heavy atom. The van der Waals surface area contributed by atoms with Crippen LogP contribution in [0.25, 0.3) is 0 Å². The Morgan fingerprint density at radius 1 is 1.05 bits per heavy atom. The molecule has 0 fully saturated rings. The molecule has 6 heteroatoms. The molecule has 2 N–H and O–H groups in total. The van der Waals surface area contributed by atoms with Crippen LogP contribution in [0.4, 0.5) is 0 Å². The van der Waals surface area contributed by atoms with Gasteiger partial charge in [0.1, 0.15) is 0 Å². The molecule has 22 heavy (non-hydrogen) atoms. The number of carbonyl (C=O) groups excluding carboxylic acids is 2. The van der Waals surface area contributed by atoms with Crippen LogP contribution in [0.2, 0.25) is 0 Å². The van der Waals surface area contributed by atoms with Crippen molar-refractivity contribution in [1.29, 1.82) is 0 Å². The average molecular weight is 308 g/mol. The highest BCUT2D eigenvalue weighted by Gasteiger charge is 2.08. The molecule has 2 amide bonds. The van der Waals surface area contributed by atoms with E-state index in [2.05, 4.69) is 10.6 Å². The fourth-order valence-corrected chi connectivity index (χ4v) is 1.89. The fourth-order valence-electron chi connectivity index (χ4n) is 1.89. The monoisotopic (exact) mass is 308 g/mol. The van der Waals surface area contributed by atoms with Gasteiger partial charge in [-0.2, -0.15) is 0 Å². The molecule has 0 aromatic heterocycles. The summed E-state index contributed by atoms with van der Waals surface area (Å²) in [7, 11) is 3.15. The van der Waals surface area contributed by atoms with Crippen LogP contribution in [-0.2, 0) is 16.0 Å². The van der Waals surface area contributed by atoms with Crippen molar-refractivity contribution in [2.45, 2.75) is 26.2 Å². The molecule has 6 nitrogen and oxygen atoms in total. The van der Waals surface area contributed by atoms with E-state index in [1.54, 1.807) is 14.2 Å². The molecule has 122 valence electrons. The number of aryl methyl sites for hydroxylation is 1. The summed E-state index contributed by atoms with van der Waals surface area (Å²) in [5, 5.41) is 5.31. The summed E-state index contributed by atoms with van der Waals surface area (Å²) in [6.07, 6.45) is 1.76. The summed E-state index contributed by atoms with van der Waals surface area (Å²) in [4.78, 5) is 23.1. The molecule has 1 aromatic carbocycles. The molecule has 1 aromatic rings. The van der Waals surface area contributed by atoms with Gasteiger partial charge < -0.3 is 20.1 Å². The SMILES string of the molecule is CCCNC(=O)CNC(=O)CCc1ccc(OC)c(OC)c1. The zero-order valence-corrected chi connectivity index (χ0v) is 13.4. The molecule has 0 bridgehead atoms. The van der Waals surface area contributed by atoms with Crippen LogP contribution in [0.1, 0.15) is 25.3 Å². The van der Waals surface area contributed by atoms with Gasteiger partial charge in [0.05, 0.1) is 20.8 Å². The van der Waals surface area contributed by atoms with Crippen molar-refractivity contribution in [3.8, 4) is 11.5 Å². The van der Waals surface area contributed by atoms with Crippen molar-refractivity contribution in [3.63, 3.8) is 0 Å². The maximum atomic E-state index is 11.7. The number of amides is 2. The third-order valence-corrected chi connectivity index (χ3v) is 3.11. The Hall–Kier alpha value is -2.24. The summed E-state index contributed by atoms with van der Waals surface area (Å²) in [5.74, 6) is 0.977. The Labute approximate surface area is 131 Å². The molecule has 0 spiro atoms. The van der Waals surface area contributed by atoms with Gasteiger partial charge in [-0.15, -0.1) is 0 Å². The highest BCUT2D eigenvalue weighted by atomic mass is 16.5. The minimum absolute atomic E-state index is 0.0186. The summed E-state index contributed by atoms with van der Waals surface area (Å²) < 4.78 is 10.4. The molecule has 0 radical (unpaired) electrons. The standard InChI is InChI=1S/C16H24N2O4/c1-4-9-17-16(20)11-18-15(19)8-6-12-5-7-13(21-2)14(10-12)22-3/h5,7,10H,4,6,8-9,11H2,1-3H3,(H,17,20)(H,18,19). The molecule has 0 saturated carbocycles. The molecule has 0 heterocycles. The fraction of sp³-hybridized carbons (Fsp3) is 0.500. The molecule has 0 aliphatic carbocycles. The highest BCUT2D eigenvalue weighted by Crippen LogP contribution is 2.27. The first-order valence-corrected chi connectivity index (χ1v) is 7.35. The molecular formula is C16H24N2O4. The van der Waals surface area contributed by atoms with E-state index >= 15 is 0 Å². The van der Waals surface area contributed by atoms with Crippen LogP contribution in [0.5, 0.6) is 11.5 Å². The van der Waals surface area contributed by atoms with Gasteiger partial charge in [0.2, 0.25) is 11.8 Å². The number of ether oxygens (including phenoxy) is 2. The van der Waals surface area contributed by atoms with Gasteiger partial charge in [0.25, 0.3) is 0 Å². The summed E-state index contributed by atoms with van der Waals surface area (Å²) in [5.41, 5.74) is 0.975. The molecule has 0 aliphatic heterocycles. The second-order valence-electron chi connectivity index (χ2n) is 4.82. The molecule has 0 atom stereocenters. The Kier molecular flexibility index (Phi) is 7.81. The molecule has 0 aliphatic rings. The van der Waals surface area contributed by atoms with E-state index in [4.69, 9.17) is 9.47 Å². The van der Waals surface area contributed by atoms with E-state index in [1.807, 2.05) is 25.1 Å². The van der Waals surface area contributed by atoms with Crippen LogP contribution in [0, 0.1) is 0 Å². The predicted molar refractivity (Wildman–Crippen MR) is 84.2 cm³/mol. The van der Waals surface area contributed by atoms with E-state index in [1.165, 1.54) is 0 Å². The van der Waals surface area contributed by atoms with Gasteiger partial charge in [0.15, 0.2) is 11.5 Å². The molecule has 0 saturated heterocycles. The van der Waals surface area contributed by atoms with Crippen molar-refractivity contribution in [2.24, 2.45) is 0 Å². The smallest absolute Gasteiger partial charge is 0.239 e. The van der Waals surface area contributed by atoms with Crippen LogP contribution >= 0.6 is 0 Å². The highest BCUT2D eigenvalue weighted by molar-refractivity contribution is 5.84. The van der Waals surface area contributed by atoms with Crippen molar-refractivity contribution < 1.29 is 19.1 Å². The summed E-state index contributed by atoms with van der Waals surface area (Å²) in [6, 6.07) is 5.55. The lowest BCUT2D eigenvalue weighted by Gasteiger charge is -2.10. The number of hydrogen-bond donors (Lipinski definition) is 2. The summed E-state index contributed by atoms with van der Waals surface area (Å²) >= 11 is 0. The first-order chi connectivity index (χ1) is 10.6. The minimum atomic E-state index is -0.165. The van der Waals surface area contributed by atoms with Crippen LogP contribution in [-0.4, -0.2) is 39.1 Å². The quantitative estimate of drug-likeness (QED) is 0.720. The van der Waals surface area contributed by atoms with Crippen molar-refractivity contribution in [2.75, 3.05) is 27.3 Å². The number of rotatable bonds is 9. The normalized spacial score (nSPS) is 9.95. The van der Waals surface area contributed by atoms with E-state index in [-0.39, 0.29) is 18.4 Å². The van der Waals surface area contributed by atoms with E-state index in [0.717, 1.165) is 12.0 Å². The molecule has 1 rings (SSSR count). The topological polar surface area (TPSA) is 76.7 Å². The second kappa shape index (κ2) is 9.65. The lowest BCUT2D eigenvalue weighted by molar-refractivity contribution is -0.126. The van der Waals surface area contributed by atoms with Crippen molar-refractivity contribution in [3.05, 3.63) is 23.8 Å². The van der Waals surface area contributed by atoms with Gasteiger partial charge in [0, 0.05) is 13.0 Å². The number of benzene rings is 1. The predicted octanol–water partition coefficient (Wildman–Crippen LogP) is 1.28. The lowest BCUT2D eigenvalue weighted by Crippen LogP contribution is -2.37. The van der Waals surface area contributed by atoms with Crippen molar-refractivity contribution >= 4 is 11.8 Å². The Balaban J connectivity index is 2.39. The van der Waals surface area contributed by atoms with Crippen LogP contribution in [0.3, 0.4) is 0 Å². The van der Waals surface area contributed by atoms with Crippen LogP contribution in [0.15, 0.2) is 18.2 Å². The maximum absolute atomic E-state index is 11.7. The minimum Gasteiger partial charge on any atom is -0.493 e. The van der Waals surface area contributed by atoms with Gasteiger partial charge in [-0.1, -0.05) is 13.0 Å². The first-order valence-electron chi connectivity index (χ1n) is 7.35. The number of hydrogen-bond acceptors (Lipinski definition) is 4. The zero-order chi connectivity index (χ0) is 16.4. The van der Waals surface area contributed by atoms with E-state index in [9.17, 15) is 9.59 Å². The van der Waals surface area contributed by atoms with Gasteiger partial charge in [-0.25, -0.2) is 0 Å². The first kappa shape index (κ1) is 17.8. The molecule has 0 unspecified atom stereocenters. The largest absolute Gasteiger partial charge is 0.493 e. The van der Waals surface area contributed by atoms with E-state index in [0.29, 0.717) is 30.9 Å². The molecular weight excluding hydrogens is 284 g/mol. The number of nitrogens with one attached hydrogen (secondary N) is 2.